The van der Waals surface area contributed by atoms with E-state index in [2.05, 4.69) is 44.5 Å². The fraction of sp³-hybridized carbons (Fsp3) is 0.429. The van der Waals surface area contributed by atoms with Crippen molar-refractivity contribution in [2.45, 2.75) is 26.7 Å². The Bertz CT molecular complexity index is 307. The van der Waals surface area contributed by atoms with Crippen molar-refractivity contribution in [3.63, 3.8) is 0 Å². The van der Waals surface area contributed by atoms with Gasteiger partial charge in [0.2, 0.25) is 0 Å². The normalized spacial score (nSPS) is 21.6. The van der Waals surface area contributed by atoms with Crippen molar-refractivity contribution in [3.05, 3.63) is 48.2 Å². The summed E-state index contributed by atoms with van der Waals surface area (Å²) in [6.07, 6.45) is 8.47. The van der Waals surface area contributed by atoms with Gasteiger partial charge in [0.1, 0.15) is 0 Å². The minimum atomic E-state index is 0.587. The molecule has 1 rings (SSSR count). The predicted octanol–water partition coefficient (Wildman–Crippen LogP) is 3.58. The largest absolute Gasteiger partial charge is 0.385 e. The molecule has 1 unspecified atom stereocenters. The number of allylic oxidation sites excluding steroid dienone is 5. The molecule has 1 atom stereocenters. The van der Waals surface area contributed by atoms with Crippen molar-refractivity contribution >= 4 is 0 Å². The molecule has 1 aliphatic heterocycles. The maximum Gasteiger partial charge on any atom is 0.0300 e. The Hall–Kier alpha value is -1.24. The molecular formula is C14H21N. The zero-order valence-corrected chi connectivity index (χ0v) is 9.84. The van der Waals surface area contributed by atoms with Crippen LogP contribution >= 0.6 is 0 Å². The maximum absolute atomic E-state index is 4.00. The van der Waals surface area contributed by atoms with Crippen LogP contribution in [0.1, 0.15) is 26.7 Å². The van der Waals surface area contributed by atoms with E-state index >= 15 is 0 Å². The Labute approximate surface area is 93.3 Å². The number of hydrogen-bond acceptors (Lipinski definition) is 1. The van der Waals surface area contributed by atoms with Crippen LogP contribution in [0, 0.1) is 5.92 Å². The summed E-state index contributed by atoms with van der Waals surface area (Å²) in [5.74, 6) is 0.587. The van der Waals surface area contributed by atoms with Crippen LogP contribution < -0.4 is 5.32 Å². The van der Waals surface area contributed by atoms with Crippen LogP contribution in [0.5, 0.6) is 0 Å². The fourth-order valence-corrected chi connectivity index (χ4v) is 1.70. The highest BCUT2D eigenvalue weighted by Crippen LogP contribution is 2.23. The molecule has 0 aliphatic carbocycles. The minimum Gasteiger partial charge on any atom is -0.385 e. The Morgan fingerprint density at radius 1 is 1.60 bits per heavy atom. The third kappa shape index (κ3) is 3.12. The van der Waals surface area contributed by atoms with Gasteiger partial charge in [-0.05, 0) is 29.9 Å². The van der Waals surface area contributed by atoms with E-state index in [4.69, 9.17) is 0 Å². The van der Waals surface area contributed by atoms with E-state index < -0.39 is 0 Å². The molecule has 1 fully saturated rings. The lowest BCUT2D eigenvalue weighted by Crippen LogP contribution is -2.02. The lowest BCUT2D eigenvalue weighted by molar-refractivity contribution is 0.669. The first kappa shape index (κ1) is 11.8. The van der Waals surface area contributed by atoms with E-state index in [9.17, 15) is 0 Å². The quantitative estimate of drug-likeness (QED) is 0.689. The molecule has 82 valence electrons. The van der Waals surface area contributed by atoms with Crippen LogP contribution in [0.2, 0.25) is 0 Å². The third-order valence-corrected chi connectivity index (χ3v) is 2.95. The maximum atomic E-state index is 4.00. The zero-order valence-electron chi connectivity index (χ0n) is 9.84. The SMILES string of the molecule is C=C/C=C(\C=C1\CCNC1=C)C(C)CC. The second kappa shape index (κ2) is 5.59. The molecule has 0 aromatic heterocycles. The highest BCUT2D eigenvalue weighted by molar-refractivity contribution is 5.39. The summed E-state index contributed by atoms with van der Waals surface area (Å²) in [4.78, 5) is 0. The molecule has 15 heavy (non-hydrogen) atoms. The molecule has 0 bridgehead atoms. The molecule has 0 radical (unpaired) electrons. The summed E-state index contributed by atoms with van der Waals surface area (Å²) in [6, 6.07) is 0. The van der Waals surface area contributed by atoms with Crippen LogP contribution in [-0.4, -0.2) is 6.54 Å². The summed E-state index contributed by atoms with van der Waals surface area (Å²) in [5.41, 5.74) is 3.77. The Morgan fingerprint density at radius 2 is 2.33 bits per heavy atom. The van der Waals surface area contributed by atoms with Gasteiger partial charge in [-0.1, -0.05) is 45.2 Å². The first-order chi connectivity index (χ1) is 7.19. The minimum absolute atomic E-state index is 0.587. The Morgan fingerprint density at radius 3 is 2.80 bits per heavy atom. The van der Waals surface area contributed by atoms with Crippen molar-refractivity contribution in [2.24, 2.45) is 5.92 Å². The van der Waals surface area contributed by atoms with E-state index in [0.717, 1.165) is 25.1 Å². The molecule has 1 aliphatic rings. The molecule has 0 aromatic carbocycles. The fourth-order valence-electron chi connectivity index (χ4n) is 1.70. The molecule has 0 amide bonds. The highest BCUT2D eigenvalue weighted by Gasteiger charge is 2.12. The van der Waals surface area contributed by atoms with E-state index in [0.29, 0.717) is 5.92 Å². The zero-order chi connectivity index (χ0) is 11.3. The van der Waals surface area contributed by atoms with Crippen molar-refractivity contribution in [1.82, 2.24) is 5.32 Å². The van der Waals surface area contributed by atoms with Crippen LogP contribution in [-0.2, 0) is 0 Å². The average Bonchev–Trinajstić information content (AvgIpc) is 2.63. The van der Waals surface area contributed by atoms with Gasteiger partial charge in [0.15, 0.2) is 0 Å². The standard InChI is InChI=1S/C14H21N/c1-5-7-13(11(3)6-2)10-14-8-9-15-12(14)4/h5,7,10-11,15H,1,4,6,8-9H2,2-3H3/b13-7+,14-10-. The van der Waals surface area contributed by atoms with Crippen molar-refractivity contribution in [2.75, 3.05) is 6.54 Å². The first-order valence-electron chi connectivity index (χ1n) is 5.65. The number of rotatable bonds is 4. The number of hydrogen-bond donors (Lipinski definition) is 1. The molecule has 0 spiro atoms. The average molecular weight is 203 g/mol. The Kier molecular flexibility index (Phi) is 4.41. The van der Waals surface area contributed by atoms with E-state index in [1.807, 2.05) is 6.08 Å². The van der Waals surface area contributed by atoms with Gasteiger partial charge < -0.3 is 5.32 Å². The molecule has 1 saturated heterocycles. The summed E-state index contributed by atoms with van der Waals surface area (Å²) in [5, 5.41) is 3.26. The molecule has 0 aromatic rings. The van der Waals surface area contributed by atoms with Gasteiger partial charge in [-0.25, -0.2) is 0 Å². The van der Waals surface area contributed by atoms with Gasteiger partial charge in [0.05, 0.1) is 0 Å². The first-order valence-corrected chi connectivity index (χ1v) is 5.65. The molecule has 1 N–H and O–H groups in total. The topological polar surface area (TPSA) is 12.0 Å². The third-order valence-electron chi connectivity index (χ3n) is 2.95. The van der Waals surface area contributed by atoms with Gasteiger partial charge in [-0.2, -0.15) is 0 Å². The van der Waals surface area contributed by atoms with Gasteiger partial charge in [-0.15, -0.1) is 0 Å². The Balaban J connectivity index is 2.87. The summed E-state index contributed by atoms with van der Waals surface area (Å²) >= 11 is 0. The van der Waals surface area contributed by atoms with Crippen molar-refractivity contribution < 1.29 is 0 Å². The summed E-state index contributed by atoms with van der Waals surface area (Å²) < 4.78 is 0. The second-order valence-corrected chi connectivity index (χ2v) is 4.04. The van der Waals surface area contributed by atoms with E-state index in [-0.39, 0.29) is 0 Å². The van der Waals surface area contributed by atoms with Crippen LogP contribution in [0.25, 0.3) is 0 Å². The summed E-state index contributed by atoms with van der Waals surface area (Å²) in [6.45, 7) is 13.2. The predicted molar refractivity (Wildman–Crippen MR) is 67.6 cm³/mol. The van der Waals surface area contributed by atoms with Crippen LogP contribution in [0.15, 0.2) is 48.2 Å². The van der Waals surface area contributed by atoms with Gasteiger partial charge in [0, 0.05) is 12.2 Å². The van der Waals surface area contributed by atoms with E-state index in [1.54, 1.807) is 0 Å². The molecular weight excluding hydrogens is 182 g/mol. The van der Waals surface area contributed by atoms with Crippen LogP contribution in [0.4, 0.5) is 0 Å². The lowest BCUT2D eigenvalue weighted by Gasteiger charge is -2.11. The van der Waals surface area contributed by atoms with Gasteiger partial charge in [0.25, 0.3) is 0 Å². The van der Waals surface area contributed by atoms with Crippen molar-refractivity contribution in [1.29, 1.82) is 0 Å². The van der Waals surface area contributed by atoms with Gasteiger partial charge in [-0.3, -0.25) is 0 Å². The molecule has 1 heterocycles. The lowest BCUT2D eigenvalue weighted by atomic mass is 9.95. The van der Waals surface area contributed by atoms with Crippen LogP contribution in [0.3, 0.4) is 0 Å². The summed E-state index contributed by atoms with van der Waals surface area (Å²) in [7, 11) is 0. The second-order valence-electron chi connectivity index (χ2n) is 4.04. The molecule has 1 nitrogen and oxygen atoms in total. The van der Waals surface area contributed by atoms with E-state index in [1.165, 1.54) is 11.1 Å². The smallest absolute Gasteiger partial charge is 0.0300 e. The van der Waals surface area contributed by atoms with Gasteiger partial charge >= 0.3 is 0 Å². The number of nitrogens with one attached hydrogen (secondary N) is 1. The molecule has 1 heteroatoms. The monoisotopic (exact) mass is 203 g/mol. The van der Waals surface area contributed by atoms with Crippen molar-refractivity contribution in [3.8, 4) is 0 Å². The highest BCUT2D eigenvalue weighted by atomic mass is 14.9. The molecule has 0 saturated carbocycles.